The van der Waals surface area contributed by atoms with E-state index in [1.165, 1.54) is 12.1 Å². The van der Waals surface area contributed by atoms with Crippen molar-refractivity contribution in [1.29, 1.82) is 0 Å². The Morgan fingerprint density at radius 3 is 2.43 bits per heavy atom. The maximum Gasteiger partial charge on any atom is 0.169 e. The van der Waals surface area contributed by atoms with Crippen LogP contribution in [0.5, 0.6) is 0 Å². The molecular weight excluding hydrogens is 337 g/mol. The maximum atomic E-state index is 12.9. The first-order valence-electron chi connectivity index (χ1n) is 6.90. The predicted molar refractivity (Wildman–Crippen MR) is 83.4 cm³/mol. The lowest BCUT2D eigenvalue weighted by Crippen LogP contribution is -2.30. The summed E-state index contributed by atoms with van der Waals surface area (Å²) in [6.07, 6.45) is -0.0821. The lowest BCUT2D eigenvalue weighted by molar-refractivity contribution is 0.151. The van der Waals surface area contributed by atoms with E-state index in [9.17, 15) is 9.50 Å². The van der Waals surface area contributed by atoms with Gasteiger partial charge in [0.05, 0.1) is 12.1 Å². The number of aliphatic hydroxyl groups is 1. The first-order chi connectivity index (χ1) is 9.95. The van der Waals surface area contributed by atoms with Gasteiger partial charge in [-0.3, -0.25) is 0 Å². The molecule has 2 aromatic rings. The minimum atomic E-state index is -0.622. The van der Waals surface area contributed by atoms with Gasteiger partial charge in [-0.25, -0.2) is 4.39 Å². The van der Waals surface area contributed by atoms with Gasteiger partial charge in [0.15, 0.2) is 4.67 Å². The lowest BCUT2D eigenvalue weighted by atomic mass is 10.0. The Morgan fingerprint density at radius 1 is 1.19 bits per heavy atom. The third kappa shape index (κ3) is 4.66. The van der Waals surface area contributed by atoms with E-state index in [1.807, 2.05) is 26.0 Å². The number of benzene rings is 1. The third-order valence-electron chi connectivity index (χ3n) is 3.39. The van der Waals surface area contributed by atoms with E-state index in [2.05, 4.69) is 21.2 Å². The second-order valence-corrected chi connectivity index (χ2v) is 6.02. The summed E-state index contributed by atoms with van der Waals surface area (Å²) < 4.78 is 19.1. The zero-order valence-electron chi connectivity index (χ0n) is 12.0. The van der Waals surface area contributed by atoms with Crippen molar-refractivity contribution in [3.8, 4) is 0 Å². The molecule has 114 valence electrons. The highest BCUT2D eigenvalue weighted by atomic mass is 79.9. The molecule has 0 amide bonds. The molecule has 3 nitrogen and oxygen atoms in total. The molecule has 0 saturated carbocycles. The molecule has 1 aromatic heterocycles. The predicted octanol–water partition coefficient (Wildman–Crippen LogP) is 4.34. The summed E-state index contributed by atoms with van der Waals surface area (Å²) in [5.74, 6) is 0.541. The average molecular weight is 356 g/mol. The van der Waals surface area contributed by atoms with Crippen molar-refractivity contribution in [2.75, 3.05) is 0 Å². The van der Waals surface area contributed by atoms with Gasteiger partial charge in [0.1, 0.15) is 11.6 Å². The van der Waals surface area contributed by atoms with E-state index in [1.54, 1.807) is 12.1 Å². The van der Waals surface area contributed by atoms with E-state index in [-0.39, 0.29) is 17.9 Å². The molecule has 0 bridgehead atoms. The molecule has 2 rings (SSSR count). The third-order valence-corrected chi connectivity index (χ3v) is 3.81. The zero-order chi connectivity index (χ0) is 15.4. The van der Waals surface area contributed by atoms with Crippen molar-refractivity contribution in [3.05, 3.63) is 58.2 Å². The number of rotatable bonds is 6. The SMILES string of the molecule is CC(CC(O)c1ccc(F)cc1)NC(C)c1ccc(Br)o1. The van der Waals surface area contributed by atoms with Gasteiger partial charge in [0.2, 0.25) is 0 Å². The van der Waals surface area contributed by atoms with Crippen molar-refractivity contribution >= 4 is 15.9 Å². The Bertz CT molecular complexity index is 570. The normalized spacial score (nSPS) is 15.7. The molecule has 5 heteroatoms. The van der Waals surface area contributed by atoms with Crippen LogP contribution in [-0.2, 0) is 0 Å². The highest BCUT2D eigenvalue weighted by molar-refractivity contribution is 9.10. The molecule has 3 atom stereocenters. The summed E-state index contributed by atoms with van der Waals surface area (Å²) in [5.41, 5.74) is 0.721. The van der Waals surface area contributed by atoms with Crippen molar-refractivity contribution < 1.29 is 13.9 Å². The first-order valence-corrected chi connectivity index (χ1v) is 7.70. The molecule has 21 heavy (non-hydrogen) atoms. The van der Waals surface area contributed by atoms with E-state index in [4.69, 9.17) is 4.42 Å². The van der Waals surface area contributed by atoms with Gasteiger partial charge in [-0.1, -0.05) is 12.1 Å². The van der Waals surface area contributed by atoms with Gasteiger partial charge in [0, 0.05) is 6.04 Å². The summed E-state index contributed by atoms with van der Waals surface area (Å²) in [6.45, 7) is 4.01. The maximum absolute atomic E-state index is 12.9. The topological polar surface area (TPSA) is 45.4 Å². The minimum absolute atomic E-state index is 0.0479. The zero-order valence-corrected chi connectivity index (χ0v) is 13.6. The van der Waals surface area contributed by atoms with Crippen LogP contribution in [-0.4, -0.2) is 11.1 Å². The molecule has 0 aliphatic carbocycles. The van der Waals surface area contributed by atoms with Crippen LogP contribution in [0.2, 0.25) is 0 Å². The quantitative estimate of drug-likeness (QED) is 0.809. The van der Waals surface area contributed by atoms with Crippen LogP contribution in [0.1, 0.15) is 43.7 Å². The highest BCUT2D eigenvalue weighted by Crippen LogP contribution is 2.23. The fourth-order valence-corrected chi connectivity index (χ4v) is 2.61. The number of furan rings is 1. The van der Waals surface area contributed by atoms with Crippen LogP contribution in [0, 0.1) is 5.82 Å². The van der Waals surface area contributed by atoms with E-state index in [0.29, 0.717) is 11.1 Å². The summed E-state index contributed by atoms with van der Waals surface area (Å²) in [4.78, 5) is 0. The number of hydrogen-bond acceptors (Lipinski definition) is 3. The fourth-order valence-electron chi connectivity index (χ4n) is 2.29. The van der Waals surface area contributed by atoms with Gasteiger partial charge in [-0.2, -0.15) is 0 Å². The Morgan fingerprint density at radius 2 is 1.86 bits per heavy atom. The van der Waals surface area contributed by atoms with Crippen molar-refractivity contribution in [2.45, 2.75) is 38.5 Å². The summed E-state index contributed by atoms with van der Waals surface area (Å²) in [5, 5.41) is 13.5. The number of hydrogen-bond donors (Lipinski definition) is 2. The van der Waals surface area contributed by atoms with E-state index >= 15 is 0 Å². The van der Waals surface area contributed by atoms with Crippen LogP contribution in [0.3, 0.4) is 0 Å². The van der Waals surface area contributed by atoms with Crippen LogP contribution >= 0.6 is 15.9 Å². The van der Waals surface area contributed by atoms with Crippen LogP contribution in [0.15, 0.2) is 45.5 Å². The molecule has 0 spiro atoms. The van der Waals surface area contributed by atoms with Crippen LogP contribution in [0.25, 0.3) is 0 Å². The van der Waals surface area contributed by atoms with Gasteiger partial charge >= 0.3 is 0 Å². The molecule has 0 fully saturated rings. The van der Waals surface area contributed by atoms with Crippen molar-refractivity contribution in [2.24, 2.45) is 0 Å². The molecular formula is C16H19BrFNO2. The Kier molecular flexibility index (Phi) is 5.56. The van der Waals surface area contributed by atoms with Gasteiger partial charge in [-0.15, -0.1) is 0 Å². The molecule has 2 N–H and O–H groups in total. The van der Waals surface area contributed by atoms with Crippen LogP contribution in [0.4, 0.5) is 4.39 Å². The molecule has 0 aliphatic heterocycles. The minimum Gasteiger partial charge on any atom is -0.453 e. The van der Waals surface area contributed by atoms with Gasteiger partial charge in [-0.05, 0) is 66.0 Å². The summed E-state index contributed by atoms with van der Waals surface area (Å²) in [7, 11) is 0. The summed E-state index contributed by atoms with van der Waals surface area (Å²) >= 11 is 3.28. The molecule has 1 aromatic carbocycles. The van der Waals surface area contributed by atoms with Crippen LogP contribution < -0.4 is 5.32 Å². The Hall–Kier alpha value is -1.17. The monoisotopic (exact) mass is 355 g/mol. The highest BCUT2D eigenvalue weighted by Gasteiger charge is 2.16. The molecule has 3 unspecified atom stereocenters. The largest absolute Gasteiger partial charge is 0.453 e. The molecule has 0 radical (unpaired) electrons. The van der Waals surface area contributed by atoms with Gasteiger partial charge < -0.3 is 14.8 Å². The van der Waals surface area contributed by atoms with E-state index < -0.39 is 6.10 Å². The number of aliphatic hydroxyl groups excluding tert-OH is 1. The lowest BCUT2D eigenvalue weighted by Gasteiger charge is -2.21. The molecule has 0 saturated heterocycles. The Balaban J connectivity index is 1.88. The molecule has 0 aliphatic rings. The average Bonchev–Trinajstić information content (AvgIpc) is 2.86. The standard InChI is InChI=1S/C16H19BrFNO2/c1-10(19-11(2)15-7-8-16(17)21-15)9-14(20)12-3-5-13(18)6-4-12/h3-8,10-11,14,19-20H,9H2,1-2H3. The smallest absolute Gasteiger partial charge is 0.169 e. The van der Waals surface area contributed by atoms with E-state index in [0.717, 1.165) is 11.3 Å². The summed E-state index contributed by atoms with van der Waals surface area (Å²) in [6, 6.07) is 9.84. The Labute approximate surface area is 132 Å². The second-order valence-electron chi connectivity index (χ2n) is 5.23. The molecule has 1 heterocycles. The number of nitrogens with one attached hydrogen (secondary N) is 1. The van der Waals surface area contributed by atoms with Crippen molar-refractivity contribution in [1.82, 2.24) is 5.32 Å². The van der Waals surface area contributed by atoms with Crippen molar-refractivity contribution in [3.63, 3.8) is 0 Å². The second kappa shape index (κ2) is 7.20. The number of halogens is 2. The fraction of sp³-hybridized carbons (Fsp3) is 0.375. The van der Waals surface area contributed by atoms with Gasteiger partial charge in [0.25, 0.3) is 0 Å². The first kappa shape index (κ1) is 16.2.